The van der Waals surface area contributed by atoms with Crippen molar-refractivity contribution in [3.8, 4) is 0 Å². The van der Waals surface area contributed by atoms with E-state index in [0.717, 1.165) is 0 Å². The van der Waals surface area contributed by atoms with Gasteiger partial charge in [-0.05, 0) is 0 Å². The largest absolute Gasteiger partial charge is 0.480 e. The molecule has 2 rings (SSSR count). The zero-order valence-corrected chi connectivity index (χ0v) is 10.2. The molecule has 2 heterocycles. The van der Waals surface area contributed by atoms with Gasteiger partial charge in [0.2, 0.25) is 0 Å². The van der Waals surface area contributed by atoms with Gasteiger partial charge in [-0.2, -0.15) is 5.10 Å². The number of rotatable bonds is 3. The van der Waals surface area contributed by atoms with E-state index in [1.54, 1.807) is 9.80 Å². The van der Waals surface area contributed by atoms with Gasteiger partial charge in [-0.3, -0.25) is 15.0 Å². The number of carboxylic acids is 1. The van der Waals surface area contributed by atoms with Crippen molar-refractivity contribution in [3.05, 3.63) is 12.4 Å². The predicted octanol–water partition coefficient (Wildman–Crippen LogP) is -0.894. The zero-order chi connectivity index (χ0) is 13.7. The van der Waals surface area contributed by atoms with Gasteiger partial charge < -0.3 is 10.0 Å². The fourth-order valence-corrected chi connectivity index (χ4v) is 1.78. The number of aromatic nitrogens is 3. The van der Waals surface area contributed by atoms with Crippen molar-refractivity contribution in [2.75, 3.05) is 38.0 Å². The van der Waals surface area contributed by atoms with Gasteiger partial charge in [0.15, 0.2) is 0 Å². The first-order chi connectivity index (χ1) is 9.15. The maximum absolute atomic E-state index is 11.9. The van der Waals surface area contributed by atoms with Gasteiger partial charge in [-0.25, -0.2) is 9.78 Å². The number of carboxylic acid groups (broad SMARTS) is 1. The molecule has 19 heavy (non-hydrogen) atoms. The molecule has 9 heteroatoms. The quantitative estimate of drug-likeness (QED) is 0.729. The molecular weight excluding hydrogens is 252 g/mol. The molecule has 0 bridgehead atoms. The van der Waals surface area contributed by atoms with E-state index in [0.29, 0.717) is 26.2 Å². The predicted molar refractivity (Wildman–Crippen MR) is 64.5 cm³/mol. The van der Waals surface area contributed by atoms with Crippen LogP contribution in [0.4, 0.5) is 10.7 Å². The summed E-state index contributed by atoms with van der Waals surface area (Å²) in [5, 5.41) is 18.5. The fraction of sp³-hybridized carbons (Fsp3) is 0.500. The van der Waals surface area contributed by atoms with Gasteiger partial charge >= 0.3 is 12.0 Å². The van der Waals surface area contributed by atoms with Crippen LogP contribution in [0, 0.1) is 0 Å². The van der Waals surface area contributed by atoms with Crippen LogP contribution in [0.15, 0.2) is 12.4 Å². The van der Waals surface area contributed by atoms with Crippen LogP contribution in [-0.4, -0.2) is 74.8 Å². The molecule has 102 valence electrons. The van der Waals surface area contributed by atoms with Crippen molar-refractivity contribution in [1.29, 1.82) is 0 Å². The van der Waals surface area contributed by atoms with Crippen LogP contribution in [0.25, 0.3) is 0 Å². The van der Waals surface area contributed by atoms with E-state index in [1.807, 2.05) is 0 Å². The number of urea groups is 1. The first kappa shape index (κ1) is 13.1. The van der Waals surface area contributed by atoms with Crippen molar-refractivity contribution in [3.63, 3.8) is 0 Å². The van der Waals surface area contributed by atoms with E-state index in [-0.39, 0.29) is 18.5 Å². The van der Waals surface area contributed by atoms with Gasteiger partial charge in [0.1, 0.15) is 0 Å². The number of hydrogen-bond donors (Lipinski definition) is 2. The zero-order valence-electron chi connectivity index (χ0n) is 10.2. The van der Waals surface area contributed by atoms with Gasteiger partial charge in [-0.15, -0.1) is 5.10 Å². The molecular formula is C10H14N6O3. The normalized spacial score (nSPS) is 16.1. The molecule has 0 atom stereocenters. The van der Waals surface area contributed by atoms with Crippen LogP contribution in [0.3, 0.4) is 0 Å². The smallest absolute Gasteiger partial charge is 0.324 e. The lowest BCUT2D eigenvalue weighted by molar-refractivity contribution is -0.138. The molecule has 1 aromatic rings. The van der Waals surface area contributed by atoms with E-state index < -0.39 is 5.97 Å². The van der Waals surface area contributed by atoms with E-state index in [2.05, 4.69) is 20.5 Å². The molecule has 1 aliphatic rings. The van der Waals surface area contributed by atoms with Crippen LogP contribution >= 0.6 is 0 Å². The summed E-state index contributed by atoms with van der Waals surface area (Å²) in [6, 6.07) is -0.303. The van der Waals surface area contributed by atoms with Crippen LogP contribution < -0.4 is 5.32 Å². The topological polar surface area (TPSA) is 112 Å². The summed E-state index contributed by atoms with van der Waals surface area (Å²) >= 11 is 0. The summed E-state index contributed by atoms with van der Waals surface area (Å²) in [6.45, 7) is 2.02. The summed E-state index contributed by atoms with van der Waals surface area (Å²) in [6.07, 6.45) is 2.85. The van der Waals surface area contributed by atoms with Crippen LogP contribution in [0.1, 0.15) is 0 Å². The Balaban J connectivity index is 1.81. The molecule has 1 fully saturated rings. The van der Waals surface area contributed by atoms with Crippen LogP contribution in [0.2, 0.25) is 0 Å². The Morgan fingerprint density at radius 3 is 2.58 bits per heavy atom. The van der Waals surface area contributed by atoms with Gasteiger partial charge in [-0.1, -0.05) is 0 Å². The summed E-state index contributed by atoms with van der Waals surface area (Å²) < 4.78 is 0. The second-order valence-corrected chi connectivity index (χ2v) is 4.05. The number of amides is 2. The Bertz CT molecular complexity index is 446. The Morgan fingerprint density at radius 2 is 2.00 bits per heavy atom. The average molecular weight is 266 g/mol. The number of carbonyl (C=O) groups is 2. The molecule has 0 radical (unpaired) electrons. The SMILES string of the molecule is O=C(O)CN1CCN(C(=O)Nc2nccnn2)CC1. The highest BCUT2D eigenvalue weighted by Gasteiger charge is 2.22. The summed E-state index contributed by atoms with van der Waals surface area (Å²) in [4.78, 5) is 29.7. The van der Waals surface area contributed by atoms with Crippen molar-refractivity contribution in [2.45, 2.75) is 0 Å². The minimum atomic E-state index is -0.860. The molecule has 0 saturated carbocycles. The molecule has 0 aromatic carbocycles. The molecule has 0 spiro atoms. The molecule has 1 saturated heterocycles. The van der Waals surface area contributed by atoms with E-state index in [4.69, 9.17) is 5.11 Å². The number of anilines is 1. The van der Waals surface area contributed by atoms with Gasteiger partial charge in [0, 0.05) is 26.2 Å². The molecule has 2 amide bonds. The molecule has 2 N–H and O–H groups in total. The Kier molecular flexibility index (Phi) is 4.18. The second-order valence-electron chi connectivity index (χ2n) is 4.05. The summed E-state index contributed by atoms with van der Waals surface area (Å²) in [5.41, 5.74) is 0. The lowest BCUT2D eigenvalue weighted by Gasteiger charge is -2.33. The first-order valence-electron chi connectivity index (χ1n) is 5.79. The number of piperazine rings is 1. The highest BCUT2D eigenvalue weighted by atomic mass is 16.4. The highest BCUT2D eigenvalue weighted by molar-refractivity contribution is 5.87. The number of nitrogens with one attached hydrogen (secondary N) is 1. The third kappa shape index (κ3) is 3.85. The molecule has 1 aliphatic heterocycles. The lowest BCUT2D eigenvalue weighted by atomic mass is 10.3. The van der Waals surface area contributed by atoms with Crippen molar-refractivity contribution in [1.82, 2.24) is 25.0 Å². The Labute approximate surface area is 109 Å². The van der Waals surface area contributed by atoms with Crippen molar-refractivity contribution >= 4 is 17.9 Å². The molecule has 0 unspecified atom stereocenters. The van der Waals surface area contributed by atoms with Crippen molar-refractivity contribution < 1.29 is 14.7 Å². The second kappa shape index (κ2) is 6.05. The monoisotopic (exact) mass is 266 g/mol. The summed E-state index contributed by atoms with van der Waals surface area (Å²) in [5.74, 6) is -0.706. The van der Waals surface area contributed by atoms with Crippen LogP contribution in [0.5, 0.6) is 0 Å². The lowest BCUT2D eigenvalue weighted by Crippen LogP contribution is -2.51. The highest BCUT2D eigenvalue weighted by Crippen LogP contribution is 2.04. The number of nitrogens with zero attached hydrogens (tertiary/aromatic N) is 5. The molecule has 9 nitrogen and oxygen atoms in total. The van der Waals surface area contributed by atoms with E-state index in [9.17, 15) is 9.59 Å². The minimum Gasteiger partial charge on any atom is -0.480 e. The maximum atomic E-state index is 11.9. The minimum absolute atomic E-state index is 0.00117. The average Bonchev–Trinajstić information content (AvgIpc) is 2.40. The maximum Gasteiger partial charge on any atom is 0.324 e. The third-order valence-corrected chi connectivity index (χ3v) is 2.72. The number of carbonyl (C=O) groups excluding carboxylic acids is 1. The Morgan fingerprint density at radius 1 is 1.26 bits per heavy atom. The molecule has 0 aliphatic carbocycles. The fourth-order valence-electron chi connectivity index (χ4n) is 1.78. The number of aliphatic carboxylic acids is 1. The standard InChI is InChI=1S/C10H14N6O3/c17-8(18)7-15-3-5-16(6-4-15)10(19)13-9-11-1-2-12-14-9/h1-2H,3-7H2,(H,17,18)(H,11,13,14,19). The van der Waals surface area contributed by atoms with Crippen LogP contribution in [-0.2, 0) is 4.79 Å². The van der Waals surface area contributed by atoms with Gasteiger partial charge in [0.05, 0.1) is 18.9 Å². The van der Waals surface area contributed by atoms with Gasteiger partial charge in [0.25, 0.3) is 5.95 Å². The summed E-state index contributed by atoms with van der Waals surface area (Å²) in [7, 11) is 0. The first-order valence-corrected chi connectivity index (χ1v) is 5.79. The number of hydrogen-bond acceptors (Lipinski definition) is 6. The molecule has 1 aromatic heterocycles. The van der Waals surface area contributed by atoms with E-state index >= 15 is 0 Å². The third-order valence-electron chi connectivity index (χ3n) is 2.72. The van der Waals surface area contributed by atoms with Crippen molar-refractivity contribution in [2.24, 2.45) is 0 Å². The Hall–Kier alpha value is -2.29. The van der Waals surface area contributed by atoms with E-state index in [1.165, 1.54) is 12.4 Å².